The Balaban J connectivity index is 1.45. The summed E-state index contributed by atoms with van der Waals surface area (Å²) in [5, 5.41) is 2.94. The molecule has 0 aliphatic carbocycles. The molecule has 0 spiro atoms. The number of sulfonamides is 1. The van der Waals surface area contributed by atoms with Crippen molar-refractivity contribution in [3.8, 4) is 0 Å². The summed E-state index contributed by atoms with van der Waals surface area (Å²) in [4.78, 5) is 21.7. The van der Waals surface area contributed by atoms with Crippen LogP contribution >= 0.6 is 0 Å². The molecule has 1 N–H and O–H groups in total. The van der Waals surface area contributed by atoms with E-state index in [1.165, 1.54) is 4.31 Å². The molecule has 3 rings (SSSR count). The van der Waals surface area contributed by atoms with Gasteiger partial charge in [0.05, 0.1) is 4.90 Å². The standard InChI is InChI=1S/C24H35N5O3S/c1-4-29(5-2)33(31,32)22-10-6-20(7-11-22)9-13-24(30)26-19-21-8-12-23(25-18-21)28-16-14-27(3)15-17-28/h6-8,10-12,18H,4-5,9,13-17,19H2,1-3H3,(H,26,30). The fourth-order valence-corrected chi connectivity index (χ4v) is 5.29. The van der Waals surface area contributed by atoms with Crippen LogP contribution in [-0.2, 0) is 27.8 Å². The minimum Gasteiger partial charge on any atom is -0.354 e. The van der Waals surface area contributed by atoms with Gasteiger partial charge < -0.3 is 15.1 Å². The SMILES string of the molecule is CCN(CC)S(=O)(=O)c1ccc(CCC(=O)NCc2ccc(N3CCN(C)CC3)nc2)cc1. The molecule has 2 aromatic rings. The summed E-state index contributed by atoms with van der Waals surface area (Å²) >= 11 is 0. The number of rotatable bonds is 10. The molecule has 0 saturated carbocycles. The molecule has 1 aromatic heterocycles. The van der Waals surface area contributed by atoms with Crippen molar-refractivity contribution in [3.63, 3.8) is 0 Å². The number of piperazine rings is 1. The van der Waals surface area contributed by atoms with Gasteiger partial charge in [-0.15, -0.1) is 0 Å². The van der Waals surface area contributed by atoms with Crippen LogP contribution in [0.15, 0.2) is 47.5 Å². The number of hydrogen-bond donors (Lipinski definition) is 1. The van der Waals surface area contributed by atoms with Crippen molar-refractivity contribution < 1.29 is 13.2 Å². The van der Waals surface area contributed by atoms with Crippen LogP contribution in [0.4, 0.5) is 5.82 Å². The number of benzene rings is 1. The molecule has 1 aromatic carbocycles. The Hall–Kier alpha value is -2.49. The van der Waals surface area contributed by atoms with Crippen LogP contribution in [0.1, 0.15) is 31.4 Å². The molecular weight excluding hydrogens is 438 g/mol. The van der Waals surface area contributed by atoms with Crippen molar-refractivity contribution >= 4 is 21.7 Å². The van der Waals surface area contributed by atoms with Gasteiger partial charge in [-0.25, -0.2) is 13.4 Å². The van der Waals surface area contributed by atoms with E-state index in [9.17, 15) is 13.2 Å². The summed E-state index contributed by atoms with van der Waals surface area (Å²) in [6.45, 7) is 8.99. The first-order valence-electron chi connectivity index (χ1n) is 11.6. The highest BCUT2D eigenvalue weighted by atomic mass is 32.2. The lowest BCUT2D eigenvalue weighted by Crippen LogP contribution is -2.44. The van der Waals surface area contributed by atoms with Crippen LogP contribution in [0, 0.1) is 0 Å². The Morgan fingerprint density at radius 1 is 1.00 bits per heavy atom. The molecule has 1 aliphatic heterocycles. The fraction of sp³-hybridized carbons (Fsp3) is 0.500. The van der Waals surface area contributed by atoms with Crippen LogP contribution in [0.25, 0.3) is 0 Å². The molecular formula is C24H35N5O3S. The zero-order valence-electron chi connectivity index (χ0n) is 19.8. The molecule has 1 amide bonds. The molecule has 1 saturated heterocycles. The van der Waals surface area contributed by atoms with Gasteiger partial charge in [0.2, 0.25) is 15.9 Å². The van der Waals surface area contributed by atoms with Gasteiger partial charge in [-0.1, -0.05) is 32.0 Å². The number of amides is 1. The van der Waals surface area contributed by atoms with Crippen LogP contribution in [-0.4, -0.2) is 74.8 Å². The number of aromatic nitrogens is 1. The number of pyridine rings is 1. The summed E-state index contributed by atoms with van der Waals surface area (Å²) in [7, 11) is -1.33. The zero-order valence-corrected chi connectivity index (χ0v) is 20.6. The lowest BCUT2D eigenvalue weighted by Gasteiger charge is -2.33. The quantitative estimate of drug-likeness (QED) is 0.569. The fourth-order valence-electron chi connectivity index (χ4n) is 3.83. The minimum absolute atomic E-state index is 0.0435. The van der Waals surface area contributed by atoms with Gasteiger partial charge in [0.1, 0.15) is 5.82 Å². The third-order valence-electron chi connectivity index (χ3n) is 6.03. The van der Waals surface area contributed by atoms with Gasteiger partial charge >= 0.3 is 0 Å². The van der Waals surface area contributed by atoms with Crippen molar-refractivity contribution in [3.05, 3.63) is 53.7 Å². The van der Waals surface area contributed by atoms with Crippen LogP contribution in [0.5, 0.6) is 0 Å². The van der Waals surface area contributed by atoms with E-state index in [0.717, 1.165) is 43.1 Å². The second kappa shape index (κ2) is 11.6. The lowest BCUT2D eigenvalue weighted by molar-refractivity contribution is -0.121. The van der Waals surface area contributed by atoms with Gasteiger partial charge in [-0.05, 0) is 42.8 Å². The molecule has 0 radical (unpaired) electrons. The third-order valence-corrected chi connectivity index (χ3v) is 8.10. The van der Waals surface area contributed by atoms with Crippen molar-refractivity contribution in [1.82, 2.24) is 19.5 Å². The second-order valence-electron chi connectivity index (χ2n) is 8.32. The number of anilines is 1. The molecule has 0 atom stereocenters. The Labute approximate surface area is 197 Å². The molecule has 1 fully saturated rings. The molecule has 2 heterocycles. The van der Waals surface area contributed by atoms with Crippen molar-refractivity contribution in [2.45, 2.75) is 38.1 Å². The van der Waals surface area contributed by atoms with Gasteiger partial charge in [0.25, 0.3) is 0 Å². The number of likely N-dealkylation sites (N-methyl/N-ethyl adjacent to an activating group) is 1. The van der Waals surface area contributed by atoms with Crippen molar-refractivity contribution in [1.29, 1.82) is 0 Å². The number of nitrogens with zero attached hydrogens (tertiary/aromatic N) is 4. The maximum atomic E-state index is 12.6. The van der Waals surface area contributed by atoms with E-state index in [2.05, 4.69) is 27.1 Å². The first-order chi connectivity index (χ1) is 15.8. The first kappa shape index (κ1) is 25.1. The summed E-state index contributed by atoms with van der Waals surface area (Å²) in [5.74, 6) is 0.933. The summed E-state index contributed by atoms with van der Waals surface area (Å²) in [6, 6.07) is 10.8. The average molecular weight is 474 g/mol. The number of carbonyl (C=O) groups excluding carboxylic acids is 1. The van der Waals surface area contributed by atoms with E-state index in [1.807, 2.05) is 32.2 Å². The largest absolute Gasteiger partial charge is 0.354 e. The Morgan fingerprint density at radius 2 is 1.64 bits per heavy atom. The molecule has 180 valence electrons. The maximum Gasteiger partial charge on any atom is 0.243 e. The smallest absolute Gasteiger partial charge is 0.243 e. The number of nitrogens with one attached hydrogen (secondary N) is 1. The van der Waals surface area contributed by atoms with Crippen LogP contribution < -0.4 is 10.2 Å². The van der Waals surface area contributed by atoms with E-state index in [4.69, 9.17) is 0 Å². The Morgan fingerprint density at radius 3 is 2.21 bits per heavy atom. The molecule has 0 unspecified atom stereocenters. The molecule has 1 aliphatic rings. The van der Waals surface area contributed by atoms with Gasteiger partial charge in [0.15, 0.2) is 0 Å². The van der Waals surface area contributed by atoms with Crippen LogP contribution in [0.3, 0.4) is 0 Å². The van der Waals surface area contributed by atoms with E-state index >= 15 is 0 Å². The topological polar surface area (TPSA) is 85.8 Å². The second-order valence-corrected chi connectivity index (χ2v) is 10.3. The van der Waals surface area contributed by atoms with Gasteiger partial charge in [0, 0.05) is 58.4 Å². The normalized spacial score (nSPS) is 15.1. The monoisotopic (exact) mass is 473 g/mol. The van der Waals surface area contributed by atoms with Crippen molar-refractivity contribution in [2.24, 2.45) is 0 Å². The van der Waals surface area contributed by atoms with Gasteiger partial charge in [-0.2, -0.15) is 4.31 Å². The lowest BCUT2D eigenvalue weighted by atomic mass is 10.1. The summed E-state index contributed by atoms with van der Waals surface area (Å²) in [6.07, 6.45) is 2.72. The Kier molecular flexibility index (Phi) is 8.82. The van der Waals surface area contributed by atoms with E-state index in [-0.39, 0.29) is 10.8 Å². The number of aryl methyl sites for hydroxylation is 1. The predicted molar refractivity (Wildman–Crippen MR) is 131 cm³/mol. The number of hydrogen-bond acceptors (Lipinski definition) is 6. The highest BCUT2D eigenvalue weighted by Gasteiger charge is 2.21. The third kappa shape index (κ3) is 6.75. The molecule has 9 heteroatoms. The van der Waals surface area contributed by atoms with Crippen LogP contribution in [0.2, 0.25) is 0 Å². The highest BCUT2D eigenvalue weighted by molar-refractivity contribution is 7.89. The molecule has 0 bridgehead atoms. The summed E-state index contributed by atoms with van der Waals surface area (Å²) < 4.78 is 26.6. The zero-order chi connectivity index (χ0) is 23.8. The minimum atomic E-state index is -3.46. The van der Waals surface area contributed by atoms with E-state index < -0.39 is 10.0 Å². The molecule has 8 nitrogen and oxygen atoms in total. The Bertz CT molecular complexity index is 997. The molecule has 33 heavy (non-hydrogen) atoms. The van der Waals surface area contributed by atoms with Gasteiger partial charge in [-0.3, -0.25) is 4.79 Å². The van der Waals surface area contributed by atoms with E-state index in [1.54, 1.807) is 24.3 Å². The maximum absolute atomic E-state index is 12.6. The predicted octanol–water partition coefficient (Wildman–Crippen LogP) is 2.11. The average Bonchev–Trinajstić information content (AvgIpc) is 2.83. The van der Waals surface area contributed by atoms with E-state index in [0.29, 0.717) is 32.5 Å². The van der Waals surface area contributed by atoms with Crippen molar-refractivity contribution in [2.75, 3.05) is 51.2 Å². The number of carbonyl (C=O) groups is 1. The highest BCUT2D eigenvalue weighted by Crippen LogP contribution is 2.17. The first-order valence-corrected chi connectivity index (χ1v) is 13.0. The summed E-state index contributed by atoms with van der Waals surface area (Å²) in [5.41, 5.74) is 1.90.